The smallest absolute Gasteiger partial charge is 0.255 e. The average molecular weight is 360 g/mol. The number of ether oxygens (including phenoxy) is 1. The number of carbonyl (C=O) groups is 2. The summed E-state index contributed by atoms with van der Waals surface area (Å²) in [6, 6.07) is 21.3. The molecule has 2 amide bonds. The first-order chi connectivity index (χ1) is 13.0. The zero-order valence-electron chi connectivity index (χ0n) is 15.2. The van der Waals surface area contributed by atoms with Crippen molar-refractivity contribution < 1.29 is 14.3 Å². The molecule has 0 aliphatic carbocycles. The summed E-state index contributed by atoms with van der Waals surface area (Å²) in [5, 5.41) is 5.66. The van der Waals surface area contributed by atoms with Crippen molar-refractivity contribution in [3.63, 3.8) is 0 Å². The first-order valence-electron chi connectivity index (χ1n) is 8.48. The van der Waals surface area contributed by atoms with Gasteiger partial charge in [0.15, 0.2) is 0 Å². The third-order valence-electron chi connectivity index (χ3n) is 3.99. The molecule has 3 aromatic carbocycles. The van der Waals surface area contributed by atoms with Gasteiger partial charge in [0.05, 0.1) is 7.11 Å². The summed E-state index contributed by atoms with van der Waals surface area (Å²) in [5.74, 6) is 0.0946. The van der Waals surface area contributed by atoms with Gasteiger partial charge in [-0.15, -0.1) is 0 Å². The molecule has 5 heteroatoms. The third kappa shape index (κ3) is 4.73. The van der Waals surface area contributed by atoms with E-state index in [0.29, 0.717) is 22.6 Å². The Labute approximate surface area is 158 Å². The van der Waals surface area contributed by atoms with E-state index in [9.17, 15) is 9.59 Å². The van der Waals surface area contributed by atoms with Crippen LogP contribution in [0.3, 0.4) is 0 Å². The lowest BCUT2D eigenvalue weighted by Crippen LogP contribution is -2.14. The molecular formula is C22H20N2O3. The van der Waals surface area contributed by atoms with Gasteiger partial charge in [-0.3, -0.25) is 9.59 Å². The number of hydrogen-bond donors (Lipinski definition) is 2. The molecule has 0 heterocycles. The van der Waals surface area contributed by atoms with Crippen LogP contribution in [0.5, 0.6) is 5.75 Å². The third-order valence-corrected chi connectivity index (χ3v) is 3.99. The van der Waals surface area contributed by atoms with Gasteiger partial charge in [-0.1, -0.05) is 24.3 Å². The Kier molecular flexibility index (Phi) is 5.52. The highest BCUT2D eigenvalue weighted by molar-refractivity contribution is 6.07. The second-order valence-electron chi connectivity index (χ2n) is 6.09. The Hall–Kier alpha value is -3.60. The van der Waals surface area contributed by atoms with Crippen LogP contribution in [-0.2, 0) is 0 Å². The molecule has 0 radical (unpaired) electrons. The number of methoxy groups -OCH3 is 1. The minimum absolute atomic E-state index is 0.238. The average Bonchev–Trinajstić information content (AvgIpc) is 2.68. The van der Waals surface area contributed by atoms with Gasteiger partial charge in [0.1, 0.15) is 5.75 Å². The van der Waals surface area contributed by atoms with Gasteiger partial charge >= 0.3 is 0 Å². The zero-order valence-corrected chi connectivity index (χ0v) is 15.2. The maximum absolute atomic E-state index is 12.5. The Morgan fingerprint density at radius 2 is 1.30 bits per heavy atom. The number of nitrogens with one attached hydrogen (secondary N) is 2. The fourth-order valence-corrected chi connectivity index (χ4v) is 2.63. The predicted octanol–water partition coefficient (Wildman–Crippen LogP) is 4.51. The fourth-order valence-electron chi connectivity index (χ4n) is 2.63. The SMILES string of the molecule is COc1cccc(C(=O)Nc2cccc(C(=O)Nc3cccc(C)c3)c2)c1. The van der Waals surface area contributed by atoms with E-state index >= 15 is 0 Å². The van der Waals surface area contributed by atoms with Gasteiger partial charge in [0.2, 0.25) is 0 Å². The van der Waals surface area contributed by atoms with Crippen molar-refractivity contribution in [3.05, 3.63) is 89.5 Å². The van der Waals surface area contributed by atoms with E-state index in [1.165, 1.54) is 0 Å². The van der Waals surface area contributed by atoms with Crippen LogP contribution in [0.2, 0.25) is 0 Å². The monoisotopic (exact) mass is 360 g/mol. The van der Waals surface area contributed by atoms with E-state index < -0.39 is 0 Å². The molecule has 5 nitrogen and oxygen atoms in total. The molecule has 0 saturated heterocycles. The number of aryl methyl sites for hydroxylation is 1. The first-order valence-corrected chi connectivity index (χ1v) is 8.48. The largest absolute Gasteiger partial charge is 0.497 e. The van der Waals surface area contributed by atoms with Crippen LogP contribution in [0.4, 0.5) is 11.4 Å². The molecule has 0 unspecified atom stereocenters. The number of anilines is 2. The highest BCUT2D eigenvalue weighted by Gasteiger charge is 2.10. The normalized spacial score (nSPS) is 10.1. The summed E-state index contributed by atoms with van der Waals surface area (Å²) < 4.78 is 5.14. The second-order valence-corrected chi connectivity index (χ2v) is 6.09. The molecule has 0 bridgehead atoms. The quantitative estimate of drug-likeness (QED) is 0.703. The first kappa shape index (κ1) is 18.2. The van der Waals surface area contributed by atoms with E-state index in [0.717, 1.165) is 11.3 Å². The highest BCUT2D eigenvalue weighted by Crippen LogP contribution is 2.17. The van der Waals surface area contributed by atoms with Crippen molar-refractivity contribution in [1.82, 2.24) is 0 Å². The zero-order chi connectivity index (χ0) is 19.2. The minimum atomic E-state index is -0.273. The number of hydrogen-bond acceptors (Lipinski definition) is 3. The molecule has 0 atom stereocenters. The summed E-state index contributed by atoms with van der Waals surface area (Å²) >= 11 is 0. The molecule has 0 aromatic heterocycles. The number of rotatable bonds is 5. The molecule has 27 heavy (non-hydrogen) atoms. The van der Waals surface area contributed by atoms with Crippen LogP contribution in [0.25, 0.3) is 0 Å². The summed E-state index contributed by atoms with van der Waals surface area (Å²) in [6.45, 7) is 1.96. The Morgan fingerprint density at radius 3 is 1.93 bits per heavy atom. The highest BCUT2D eigenvalue weighted by atomic mass is 16.5. The van der Waals surface area contributed by atoms with E-state index in [1.807, 2.05) is 31.2 Å². The Balaban J connectivity index is 1.73. The molecule has 0 aliphatic rings. The van der Waals surface area contributed by atoms with E-state index in [4.69, 9.17) is 4.74 Å². The topological polar surface area (TPSA) is 67.4 Å². The Bertz CT molecular complexity index is 983. The minimum Gasteiger partial charge on any atom is -0.497 e. The molecule has 3 rings (SSSR count). The lowest BCUT2D eigenvalue weighted by molar-refractivity contribution is 0.101. The molecular weight excluding hydrogens is 340 g/mol. The van der Waals surface area contributed by atoms with Crippen molar-refractivity contribution in [1.29, 1.82) is 0 Å². The molecule has 0 spiro atoms. The fraction of sp³-hybridized carbons (Fsp3) is 0.0909. The lowest BCUT2D eigenvalue weighted by atomic mass is 10.1. The summed E-state index contributed by atoms with van der Waals surface area (Å²) in [6.07, 6.45) is 0. The van der Waals surface area contributed by atoms with E-state index in [2.05, 4.69) is 10.6 Å². The molecule has 0 aliphatic heterocycles. The van der Waals surface area contributed by atoms with Crippen LogP contribution < -0.4 is 15.4 Å². The summed E-state index contributed by atoms with van der Waals surface area (Å²) in [5.41, 5.74) is 3.27. The van der Waals surface area contributed by atoms with Crippen molar-refractivity contribution in [2.45, 2.75) is 6.92 Å². The molecule has 0 saturated carbocycles. The maximum Gasteiger partial charge on any atom is 0.255 e. The number of amides is 2. The van der Waals surface area contributed by atoms with E-state index in [1.54, 1.807) is 55.6 Å². The van der Waals surface area contributed by atoms with Gasteiger partial charge in [-0.2, -0.15) is 0 Å². The van der Waals surface area contributed by atoms with Gasteiger partial charge in [0, 0.05) is 22.5 Å². The van der Waals surface area contributed by atoms with Crippen LogP contribution in [0.1, 0.15) is 26.3 Å². The molecule has 136 valence electrons. The van der Waals surface area contributed by atoms with Crippen molar-refractivity contribution >= 4 is 23.2 Å². The Morgan fingerprint density at radius 1 is 0.741 bits per heavy atom. The second kappa shape index (κ2) is 8.19. The molecule has 3 aromatic rings. The van der Waals surface area contributed by atoms with Gasteiger partial charge in [-0.05, 0) is 61.0 Å². The van der Waals surface area contributed by atoms with Crippen LogP contribution >= 0.6 is 0 Å². The van der Waals surface area contributed by atoms with Crippen molar-refractivity contribution in [3.8, 4) is 5.75 Å². The summed E-state index contributed by atoms with van der Waals surface area (Å²) in [7, 11) is 1.55. The number of carbonyl (C=O) groups excluding carboxylic acids is 2. The van der Waals surface area contributed by atoms with E-state index in [-0.39, 0.29) is 11.8 Å². The van der Waals surface area contributed by atoms with Crippen LogP contribution in [-0.4, -0.2) is 18.9 Å². The van der Waals surface area contributed by atoms with Gasteiger partial charge in [-0.25, -0.2) is 0 Å². The van der Waals surface area contributed by atoms with Crippen LogP contribution in [0, 0.1) is 6.92 Å². The van der Waals surface area contributed by atoms with Crippen molar-refractivity contribution in [2.75, 3.05) is 17.7 Å². The number of benzene rings is 3. The molecule has 0 fully saturated rings. The lowest BCUT2D eigenvalue weighted by Gasteiger charge is -2.09. The standard InChI is InChI=1S/C22H20N2O3/c1-15-6-3-9-18(12-15)23-21(25)16-7-4-10-19(13-16)24-22(26)17-8-5-11-20(14-17)27-2/h3-14H,1-2H3,(H,23,25)(H,24,26). The summed E-state index contributed by atoms with van der Waals surface area (Å²) in [4.78, 5) is 24.9. The predicted molar refractivity (Wildman–Crippen MR) is 107 cm³/mol. The van der Waals surface area contributed by atoms with Gasteiger partial charge in [0.25, 0.3) is 11.8 Å². The van der Waals surface area contributed by atoms with Crippen LogP contribution in [0.15, 0.2) is 72.8 Å². The maximum atomic E-state index is 12.5. The van der Waals surface area contributed by atoms with Crippen molar-refractivity contribution in [2.24, 2.45) is 0 Å². The van der Waals surface area contributed by atoms with Gasteiger partial charge < -0.3 is 15.4 Å². The molecule has 2 N–H and O–H groups in total.